The van der Waals surface area contributed by atoms with Crippen LogP contribution in [-0.2, 0) is 27.8 Å². The van der Waals surface area contributed by atoms with E-state index in [1.807, 2.05) is 18.2 Å². The van der Waals surface area contributed by atoms with E-state index in [2.05, 4.69) is 10.3 Å². The van der Waals surface area contributed by atoms with Crippen LogP contribution in [0, 0.1) is 5.82 Å². The molecule has 0 radical (unpaired) electrons. The third kappa shape index (κ3) is 6.64. The van der Waals surface area contributed by atoms with E-state index in [-0.39, 0.29) is 17.3 Å². The molecule has 196 valence electrons. The fraction of sp³-hybridized carbons (Fsp3) is 0.333. The number of sulfonamides is 1. The Morgan fingerprint density at radius 2 is 1.89 bits per heavy atom. The first-order valence-electron chi connectivity index (χ1n) is 12.1. The van der Waals surface area contributed by atoms with Crippen molar-refractivity contribution in [3.63, 3.8) is 0 Å². The number of rotatable bonds is 10. The Balaban J connectivity index is 1.58. The van der Waals surface area contributed by atoms with Gasteiger partial charge in [-0.3, -0.25) is 9.78 Å². The van der Waals surface area contributed by atoms with Crippen molar-refractivity contribution in [2.45, 2.75) is 43.2 Å². The molecular formula is C27H30FN3O5S. The summed E-state index contributed by atoms with van der Waals surface area (Å²) in [5.41, 5.74) is 1.53. The molecule has 1 amide bonds. The largest absolute Gasteiger partial charge is 0.493 e. The van der Waals surface area contributed by atoms with Crippen molar-refractivity contribution in [3.05, 3.63) is 83.9 Å². The Morgan fingerprint density at radius 3 is 2.62 bits per heavy atom. The maximum absolute atomic E-state index is 13.7. The van der Waals surface area contributed by atoms with Crippen molar-refractivity contribution in [2.24, 2.45) is 0 Å². The quantitative estimate of drug-likeness (QED) is 0.432. The predicted molar refractivity (Wildman–Crippen MR) is 136 cm³/mol. The molecule has 8 nitrogen and oxygen atoms in total. The lowest BCUT2D eigenvalue weighted by atomic mass is 10.1. The van der Waals surface area contributed by atoms with Gasteiger partial charge in [-0.1, -0.05) is 12.1 Å². The van der Waals surface area contributed by atoms with E-state index in [4.69, 9.17) is 9.47 Å². The second-order valence-electron chi connectivity index (χ2n) is 8.71. The number of amides is 1. The summed E-state index contributed by atoms with van der Waals surface area (Å²) in [5.74, 6) is 0.0796. The van der Waals surface area contributed by atoms with Gasteiger partial charge >= 0.3 is 0 Å². The van der Waals surface area contributed by atoms with Crippen molar-refractivity contribution in [1.29, 1.82) is 0 Å². The highest BCUT2D eigenvalue weighted by atomic mass is 32.2. The van der Waals surface area contributed by atoms with Crippen LogP contribution in [0.5, 0.6) is 11.5 Å². The molecule has 37 heavy (non-hydrogen) atoms. The van der Waals surface area contributed by atoms with E-state index in [1.165, 1.54) is 23.5 Å². The number of aromatic nitrogens is 1. The van der Waals surface area contributed by atoms with Crippen molar-refractivity contribution in [1.82, 2.24) is 14.6 Å². The van der Waals surface area contributed by atoms with Crippen LogP contribution in [0.25, 0.3) is 0 Å². The highest BCUT2D eigenvalue weighted by molar-refractivity contribution is 7.89. The minimum Gasteiger partial charge on any atom is -0.493 e. The predicted octanol–water partition coefficient (Wildman–Crippen LogP) is 3.71. The van der Waals surface area contributed by atoms with Gasteiger partial charge in [0.25, 0.3) is 0 Å². The van der Waals surface area contributed by atoms with Gasteiger partial charge in [0.15, 0.2) is 11.5 Å². The van der Waals surface area contributed by atoms with E-state index in [0.717, 1.165) is 24.2 Å². The Morgan fingerprint density at radius 1 is 1.08 bits per heavy atom. The SMILES string of the molecule is COc1cc(CN(C2CCCCNC2=O)S(=O)(=O)c2ccc(F)cc2)ccc1OCCc1ccccn1. The summed E-state index contributed by atoms with van der Waals surface area (Å²) in [7, 11) is -2.60. The minimum absolute atomic E-state index is 0.0671. The monoisotopic (exact) mass is 527 g/mol. The molecule has 1 saturated heterocycles. The number of nitrogens with one attached hydrogen (secondary N) is 1. The van der Waals surface area contributed by atoms with Crippen molar-refractivity contribution in [3.8, 4) is 11.5 Å². The first-order chi connectivity index (χ1) is 17.9. The van der Waals surface area contributed by atoms with Gasteiger partial charge in [0.2, 0.25) is 15.9 Å². The van der Waals surface area contributed by atoms with Crippen molar-refractivity contribution >= 4 is 15.9 Å². The molecular weight excluding hydrogens is 497 g/mol. The van der Waals surface area contributed by atoms with Crippen LogP contribution in [0.15, 0.2) is 71.8 Å². The Bertz CT molecular complexity index is 1300. The zero-order valence-corrected chi connectivity index (χ0v) is 21.4. The molecule has 1 fully saturated rings. The molecule has 2 heterocycles. The van der Waals surface area contributed by atoms with E-state index in [1.54, 1.807) is 24.4 Å². The van der Waals surface area contributed by atoms with Gasteiger partial charge in [0.1, 0.15) is 11.9 Å². The maximum atomic E-state index is 13.7. The molecule has 2 aromatic carbocycles. The van der Waals surface area contributed by atoms with Gasteiger partial charge in [-0.25, -0.2) is 12.8 Å². The number of benzene rings is 2. The number of halogens is 1. The van der Waals surface area contributed by atoms with Crippen LogP contribution in [0.2, 0.25) is 0 Å². The van der Waals surface area contributed by atoms with Gasteiger partial charge in [-0.15, -0.1) is 0 Å². The van der Waals surface area contributed by atoms with Gasteiger partial charge in [-0.2, -0.15) is 4.31 Å². The Kier molecular flexibility index (Phi) is 8.73. The number of ether oxygens (including phenoxy) is 2. The first kappa shape index (κ1) is 26.6. The third-order valence-corrected chi connectivity index (χ3v) is 8.05. The molecule has 1 aliphatic heterocycles. The molecule has 4 rings (SSSR count). The van der Waals surface area contributed by atoms with E-state index >= 15 is 0 Å². The zero-order chi connectivity index (χ0) is 26.3. The lowest BCUT2D eigenvalue weighted by Gasteiger charge is -2.29. The van der Waals surface area contributed by atoms with Crippen LogP contribution < -0.4 is 14.8 Å². The van der Waals surface area contributed by atoms with Gasteiger partial charge in [0, 0.05) is 31.4 Å². The molecule has 1 unspecified atom stereocenters. The fourth-order valence-electron chi connectivity index (χ4n) is 4.22. The normalized spacial score (nSPS) is 16.2. The summed E-state index contributed by atoms with van der Waals surface area (Å²) in [6, 6.07) is 14.6. The van der Waals surface area contributed by atoms with Crippen molar-refractivity contribution in [2.75, 3.05) is 20.3 Å². The third-order valence-electron chi connectivity index (χ3n) is 6.18. The van der Waals surface area contributed by atoms with Gasteiger partial charge < -0.3 is 14.8 Å². The number of pyridine rings is 1. The summed E-state index contributed by atoms with van der Waals surface area (Å²) < 4.78 is 53.4. The number of nitrogens with zero attached hydrogens (tertiary/aromatic N) is 2. The standard InChI is InChI=1S/C27H30FN3O5S/c1-35-26-18-20(8-13-25(26)36-17-14-22-6-2-4-15-29-22)19-31(24-7-3-5-16-30-27(24)32)37(33,34)23-11-9-21(28)10-12-23/h2,4,6,8-13,15,18,24H,3,5,7,14,16-17,19H2,1H3,(H,30,32). The fourth-order valence-corrected chi connectivity index (χ4v) is 5.83. The maximum Gasteiger partial charge on any atom is 0.244 e. The molecule has 0 spiro atoms. The van der Waals surface area contributed by atoms with E-state index in [9.17, 15) is 17.6 Å². The summed E-state index contributed by atoms with van der Waals surface area (Å²) >= 11 is 0. The first-order valence-corrected chi connectivity index (χ1v) is 13.6. The number of carbonyl (C=O) groups is 1. The second-order valence-corrected chi connectivity index (χ2v) is 10.6. The average molecular weight is 528 g/mol. The Labute approximate surface area is 216 Å². The number of hydrogen-bond acceptors (Lipinski definition) is 6. The summed E-state index contributed by atoms with van der Waals surface area (Å²) in [4.78, 5) is 17.1. The number of hydrogen-bond donors (Lipinski definition) is 1. The van der Waals surface area contributed by atoms with Crippen molar-refractivity contribution < 1.29 is 27.1 Å². The van der Waals surface area contributed by atoms with Gasteiger partial charge in [-0.05, 0) is 73.4 Å². The lowest BCUT2D eigenvalue weighted by molar-refractivity contribution is -0.124. The molecule has 0 aliphatic carbocycles. The highest BCUT2D eigenvalue weighted by Gasteiger charge is 2.36. The number of carbonyl (C=O) groups excluding carboxylic acids is 1. The zero-order valence-electron chi connectivity index (χ0n) is 20.6. The van der Waals surface area contributed by atoms with Crippen LogP contribution in [-0.4, -0.2) is 49.9 Å². The molecule has 1 N–H and O–H groups in total. The number of methoxy groups -OCH3 is 1. The summed E-state index contributed by atoms with van der Waals surface area (Å²) in [6.07, 6.45) is 4.20. The van der Waals surface area contributed by atoms with Crippen LogP contribution in [0.4, 0.5) is 4.39 Å². The highest BCUT2D eigenvalue weighted by Crippen LogP contribution is 2.31. The molecule has 10 heteroatoms. The molecule has 3 aromatic rings. The smallest absolute Gasteiger partial charge is 0.244 e. The second kappa shape index (κ2) is 12.2. The molecule has 1 atom stereocenters. The molecule has 1 aromatic heterocycles. The van der Waals surface area contributed by atoms with Crippen LogP contribution in [0.3, 0.4) is 0 Å². The summed E-state index contributed by atoms with van der Waals surface area (Å²) in [6.45, 7) is 0.820. The molecule has 0 saturated carbocycles. The van der Waals surface area contributed by atoms with Crippen LogP contribution in [0.1, 0.15) is 30.5 Å². The van der Waals surface area contributed by atoms with E-state index < -0.39 is 21.9 Å². The average Bonchev–Trinajstić information content (AvgIpc) is 3.12. The Hall–Kier alpha value is -3.50. The molecule has 1 aliphatic rings. The van der Waals surface area contributed by atoms with E-state index in [0.29, 0.717) is 49.5 Å². The summed E-state index contributed by atoms with van der Waals surface area (Å²) in [5, 5.41) is 2.81. The molecule has 0 bridgehead atoms. The topological polar surface area (TPSA) is 97.8 Å². The minimum atomic E-state index is -4.11. The van der Waals surface area contributed by atoms with Gasteiger partial charge in [0.05, 0.1) is 18.6 Å². The lowest BCUT2D eigenvalue weighted by Crippen LogP contribution is -2.48. The van der Waals surface area contributed by atoms with Crippen LogP contribution >= 0.6 is 0 Å².